The highest BCUT2D eigenvalue weighted by molar-refractivity contribution is 7.85. The van der Waals surface area contributed by atoms with Crippen molar-refractivity contribution in [2.45, 2.75) is 70.1 Å². The van der Waals surface area contributed by atoms with Crippen LogP contribution >= 0.6 is 0 Å². The summed E-state index contributed by atoms with van der Waals surface area (Å²) >= 11 is 0. The number of benzene rings is 2. The molecular weight excluding hydrogens is 618 g/mol. The maximum atomic E-state index is 12.3. The van der Waals surface area contributed by atoms with Gasteiger partial charge in [-0.15, -0.1) is 0 Å². The third-order valence-corrected chi connectivity index (χ3v) is 9.55. The number of para-hydroxylation sites is 1. The van der Waals surface area contributed by atoms with Gasteiger partial charge in [-0.2, -0.15) is 13.0 Å². The van der Waals surface area contributed by atoms with Crippen LogP contribution in [0.15, 0.2) is 83.4 Å². The largest absolute Gasteiger partial charge is 0.460 e. The van der Waals surface area contributed by atoms with Gasteiger partial charge in [0, 0.05) is 46.6 Å². The molecule has 0 aromatic heterocycles. The Hall–Kier alpha value is -4.22. The smallest absolute Gasteiger partial charge is 0.407 e. The Bertz CT molecular complexity index is 1750. The summed E-state index contributed by atoms with van der Waals surface area (Å²) in [5, 5.41) is 2.59. The van der Waals surface area contributed by atoms with Gasteiger partial charge in [0.1, 0.15) is 6.61 Å². The number of esters is 1. The molecule has 0 atom stereocenters. The fourth-order valence-electron chi connectivity index (χ4n) is 6.19. The van der Waals surface area contributed by atoms with E-state index in [1.165, 1.54) is 6.07 Å². The van der Waals surface area contributed by atoms with Crippen molar-refractivity contribution in [3.8, 4) is 0 Å². The van der Waals surface area contributed by atoms with Gasteiger partial charge in [-0.05, 0) is 57.0 Å². The maximum Gasteiger partial charge on any atom is 0.407 e. The second-order valence-electron chi connectivity index (χ2n) is 12.9. The molecular formula is C36H46N3O7S+. The van der Waals surface area contributed by atoms with Crippen LogP contribution in [0.25, 0.3) is 0 Å². The molecule has 2 heterocycles. The summed E-state index contributed by atoms with van der Waals surface area (Å²) in [7, 11) is -4.34. The highest BCUT2D eigenvalue weighted by Gasteiger charge is 2.44. The van der Waals surface area contributed by atoms with Gasteiger partial charge < -0.3 is 19.7 Å². The Balaban J connectivity index is 1.59. The molecule has 4 rings (SSSR count). The number of amides is 1. The first-order valence-electron chi connectivity index (χ1n) is 15.9. The molecule has 2 aliphatic heterocycles. The fourth-order valence-corrected chi connectivity index (χ4v) is 6.69. The molecule has 2 N–H and O–H groups in total. The molecule has 47 heavy (non-hydrogen) atoms. The number of ether oxygens (including phenoxy) is 2. The minimum Gasteiger partial charge on any atom is -0.460 e. The number of anilines is 1. The first-order chi connectivity index (χ1) is 22.1. The van der Waals surface area contributed by atoms with Crippen molar-refractivity contribution < 1.29 is 36.6 Å². The molecule has 0 saturated heterocycles. The highest BCUT2D eigenvalue weighted by Crippen LogP contribution is 2.48. The van der Waals surface area contributed by atoms with Crippen LogP contribution < -0.4 is 10.2 Å². The Labute approximate surface area is 278 Å². The lowest BCUT2D eigenvalue weighted by Crippen LogP contribution is -2.31. The SMILES string of the molecule is C=C(C)C(=O)OCCNC(=O)OCC[N+]1=C(C=CC=C2N(CCCC)c3ccc(S(=O)(=O)O)cc3C2(C)C)C(C)(C)c2ccccc21. The topological polar surface area (TPSA) is 125 Å². The van der Waals surface area contributed by atoms with E-state index in [1.807, 2.05) is 18.2 Å². The Morgan fingerprint density at radius 1 is 1.04 bits per heavy atom. The number of alkyl carbamates (subject to hydrolysis) is 1. The van der Waals surface area contributed by atoms with Gasteiger partial charge in [-0.3, -0.25) is 4.55 Å². The third kappa shape index (κ3) is 7.68. The molecule has 2 aliphatic rings. The summed E-state index contributed by atoms with van der Waals surface area (Å²) in [6, 6.07) is 13.0. The van der Waals surface area contributed by atoms with Crippen LogP contribution in [-0.2, 0) is 35.2 Å². The second-order valence-corrected chi connectivity index (χ2v) is 14.3. The number of unbranched alkanes of at least 4 members (excludes halogenated alkanes) is 1. The van der Waals surface area contributed by atoms with E-state index in [-0.39, 0.29) is 30.1 Å². The average Bonchev–Trinajstić information content (AvgIpc) is 3.36. The molecule has 11 heteroatoms. The van der Waals surface area contributed by atoms with E-state index in [9.17, 15) is 22.6 Å². The molecule has 0 fully saturated rings. The number of rotatable bonds is 13. The summed E-state index contributed by atoms with van der Waals surface area (Å²) < 4.78 is 46.3. The van der Waals surface area contributed by atoms with Crippen LogP contribution in [0.1, 0.15) is 65.5 Å². The standard InChI is InChI=1S/C36H45N3O7S/c1-8-9-20-38-30-18-17-26(47(42,43)44)24-28(30)36(6,7)32(38)16-12-15-31-35(4,5)27-13-10-11-14-29(27)39(31)21-23-46-34(41)37-19-22-45-33(40)25(2)3/h10-18,24H,2,8-9,19-23H2,1,3-7H3,(H-,37,41,42,43,44)/p+1. The number of fused-ring (bicyclic) bond motifs is 2. The van der Waals surface area contributed by atoms with Crippen LogP contribution in [-0.4, -0.2) is 68.2 Å². The van der Waals surface area contributed by atoms with Gasteiger partial charge in [0.25, 0.3) is 10.1 Å². The number of hydrogen-bond acceptors (Lipinski definition) is 7. The van der Waals surface area contributed by atoms with E-state index in [0.717, 1.165) is 53.3 Å². The van der Waals surface area contributed by atoms with Crippen LogP contribution in [0.3, 0.4) is 0 Å². The van der Waals surface area contributed by atoms with Crippen molar-refractivity contribution in [1.82, 2.24) is 5.32 Å². The van der Waals surface area contributed by atoms with Crippen LogP contribution in [0, 0.1) is 0 Å². The molecule has 252 valence electrons. The molecule has 2 aromatic rings. The van der Waals surface area contributed by atoms with Crippen molar-refractivity contribution >= 4 is 39.3 Å². The van der Waals surface area contributed by atoms with Crippen LogP contribution in [0.5, 0.6) is 0 Å². The normalized spacial score (nSPS) is 17.2. The first kappa shape index (κ1) is 35.6. The molecule has 0 radical (unpaired) electrons. The fraction of sp³-hybridized carbons (Fsp3) is 0.417. The molecule has 2 aromatic carbocycles. The predicted octanol–water partition coefficient (Wildman–Crippen LogP) is 6.19. The van der Waals surface area contributed by atoms with E-state index in [4.69, 9.17) is 9.47 Å². The number of nitrogens with one attached hydrogen (secondary N) is 1. The zero-order valence-corrected chi connectivity index (χ0v) is 28.9. The Kier molecular flexibility index (Phi) is 10.8. The average molecular weight is 665 g/mol. The van der Waals surface area contributed by atoms with Gasteiger partial charge >= 0.3 is 12.1 Å². The van der Waals surface area contributed by atoms with E-state index in [1.54, 1.807) is 19.1 Å². The highest BCUT2D eigenvalue weighted by atomic mass is 32.2. The summed E-state index contributed by atoms with van der Waals surface area (Å²) in [6.45, 7) is 17.1. The summed E-state index contributed by atoms with van der Waals surface area (Å²) in [6.07, 6.45) is 7.55. The zero-order valence-electron chi connectivity index (χ0n) is 28.1. The summed E-state index contributed by atoms with van der Waals surface area (Å²) in [5.74, 6) is -0.511. The van der Waals surface area contributed by atoms with E-state index < -0.39 is 27.6 Å². The molecule has 1 amide bonds. The number of carbonyl (C=O) groups excluding carboxylic acids is 2. The summed E-state index contributed by atoms with van der Waals surface area (Å²) in [4.78, 5) is 25.9. The van der Waals surface area contributed by atoms with Crippen molar-refractivity contribution in [2.24, 2.45) is 0 Å². The van der Waals surface area contributed by atoms with E-state index in [0.29, 0.717) is 12.1 Å². The predicted molar refractivity (Wildman–Crippen MR) is 183 cm³/mol. The van der Waals surface area contributed by atoms with Gasteiger partial charge in [0.15, 0.2) is 18.9 Å². The third-order valence-electron chi connectivity index (χ3n) is 8.71. The quantitative estimate of drug-likeness (QED) is 0.0854. The van der Waals surface area contributed by atoms with Crippen LogP contribution in [0.4, 0.5) is 16.2 Å². The van der Waals surface area contributed by atoms with Crippen molar-refractivity contribution in [2.75, 3.05) is 37.7 Å². The molecule has 0 aliphatic carbocycles. The van der Waals surface area contributed by atoms with Gasteiger partial charge in [0.05, 0.1) is 16.9 Å². The van der Waals surface area contributed by atoms with Gasteiger partial charge in [0.2, 0.25) is 5.69 Å². The first-order valence-corrected chi connectivity index (χ1v) is 17.3. The number of nitrogens with zero attached hydrogens (tertiary/aromatic N) is 2. The zero-order chi connectivity index (χ0) is 34.6. The molecule has 0 bridgehead atoms. The number of allylic oxidation sites excluding steroid dienone is 4. The second kappa shape index (κ2) is 14.3. The Morgan fingerprint density at radius 2 is 1.77 bits per heavy atom. The molecule has 10 nitrogen and oxygen atoms in total. The minimum absolute atomic E-state index is 0.0200. The van der Waals surface area contributed by atoms with E-state index >= 15 is 0 Å². The maximum absolute atomic E-state index is 12.3. The van der Waals surface area contributed by atoms with Gasteiger partial charge in [-0.25, -0.2) is 9.59 Å². The lowest BCUT2D eigenvalue weighted by molar-refractivity contribution is -0.440. The minimum atomic E-state index is -4.34. The van der Waals surface area contributed by atoms with Gasteiger partial charge in [-0.1, -0.05) is 58.0 Å². The molecule has 0 unspecified atom stereocenters. The lowest BCUT2D eigenvalue weighted by Gasteiger charge is -2.27. The van der Waals surface area contributed by atoms with Crippen molar-refractivity contribution in [3.63, 3.8) is 0 Å². The molecule has 0 spiro atoms. The Morgan fingerprint density at radius 3 is 2.45 bits per heavy atom. The van der Waals surface area contributed by atoms with E-state index in [2.05, 4.69) is 80.3 Å². The monoisotopic (exact) mass is 664 g/mol. The van der Waals surface area contributed by atoms with Crippen molar-refractivity contribution in [1.29, 1.82) is 0 Å². The van der Waals surface area contributed by atoms with Crippen LogP contribution in [0.2, 0.25) is 0 Å². The number of hydrogen-bond donors (Lipinski definition) is 2. The molecule has 0 saturated carbocycles. The summed E-state index contributed by atoms with van der Waals surface area (Å²) in [5.41, 5.74) is 5.48. The van der Waals surface area contributed by atoms with Crippen molar-refractivity contribution in [3.05, 3.63) is 89.7 Å². The number of carbonyl (C=O) groups is 2. The lowest BCUT2D eigenvalue weighted by atomic mass is 9.81.